The van der Waals surface area contributed by atoms with E-state index in [1.807, 2.05) is 13.8 Å². The molecule has 7 nitrogen and oxygen atoms in total. The van der Waals surface area contributed by atoms with Gasteiger partial charge in [0, 0.05) is 25.2 Å². The Bertz CT molecular complexity index is 604. The van der Waals surface area contributed by atoms with E-state index >= 15 is 0 Å². The molecule has 0 saturated carbocycles. The molecule has 180 valence electrons. The molecule has 0 aromatic heterocycles. The minimum absolute atomic E-state index is 0.0657. The Kier molecular flexibility index (Phi) is 14.1. The molecule has 1 aliphatic rings. The molecule has 0 bridgehead atoms. The van der Waals surface area contributed by atoms with E-state index in [0.29, 0.717) is 6.04 Å². The number of carbonyl (C=O) groups is 3. The van der Waals surface area contributed by atoms with Gasteiger partial charge in [0.15, 0.2) is 0 Å². The second-order valence-electron chi connectivity index (χ2n) is 8.86. The molecule has 0 spiro atoms. The fourth-order valence-corrected chi connectivity index (χ4v) is 3.45. The number of carbonyl (C=O) groups excluding carboxylic acids is 2. The number of likely N-dealkylation sites (tertiary alicyclic amines) is 1. The van der Waals surface area contributed by atoms with Gasteiger partial charge in [0.1, 0.15) is 6.04 Å². The lowest BCUT2D eigenvalue weighted by molar-refractivity contribution is -0.138. The van der Waals surface area contributed by atoms with E-state index in [1.54, 1.807) is 7.05 Å². The molecule has 0 aromatic rings. The maximum atomic E-state index is 13.0. The standard InChI is InChI=1S/C21H37N3O4.C3H8/c1-7-16(5)24-12-9-8-10-17(24)19(25)22-18(14(2)3)20(26)23(6)13-11-15(4)21(27)28;1-3-2/h11,14,16-18H,7-10,12-13H2,1-6H3,(H,22,25)(H,27,28);3H2,1-2H3/b15-11+;. The summed E-state index contributed by atoms with van der Waals surface area (Å²) < 4.78 is 0. The predicted molar refractivity (Wildman–Crippen MR) is 126 cm³/mol. The maximum absolute atomic E-state index is 13.0. The molecule has 1 heterocycles. The van der Waals surface area contributed by atoms with Gasteiger partial charge in [0.2, 0.25) is 11.8 Å². The second kappa shape index (κ2) is 15.0. The van der Waals surface area contributed by atoms with Crippen LogP contribution < -0.4 is 5.32 Å². The Labute approximate surface area is 189 Å². The summed E-state index contributed by atoms with van der Waals surface area (Å²) in [7, 11) is 1.63. The number of hydrogen-bond donors (Lipinski definition) is 2. The first-order valence-corrected chi connectivity index (χ1v) is 11.7. The van der Waals surface area contributed by atoms with Crippen molar-refractivity contribution in [2.75, 3.05) is 20.1 Å². The maximum Gasteiger partial charge on any atom is 0.331 e. The van der Waals surface area contributed by atoms with Crippen LogP contribution in [0.15, 0.2) is 11.6 Å². The van der Waals surface area contributed by atoms with Crippen molar-refractivity contribution >= 4 is 17.8 Å². The molecule has 3 atom stereocenters. The van der Waals surface area contributed by atoms with Crippen molar-refractivity contribution in [2.45, 2.75) is 98.7 Å². The molecular formula is C24H45N3O4. The summed E-state index contributed by atoms with van der Waals surface area (Å²) >= 11 is 0. The van der Waals surface area contributed by atoms with Gasteiger partial charge in [0.05, 0.1) is 6.04 Å². The van der Waals surface area contributed by atoms with Crippen LogP contribution in [-0.4, -0.2) is 71.0 Å². The molecule has 31 heavy (non-hydrogen) atoms. The molecule has 7 heteroatoms. The van der Waals surface area contributed by atoms with Crippen molar-refractivity contribution < 1.29 is 19.5 Å². The molecule has 2 amide bonds. The van der Waals surface area contributed by atoms with Gasteiger partial charge >= 0.3 is 5.97 Å². The Balaban J connectivity index is 0.00000282. The third kappa shape index (κ3) is 9.85. The number of nitrogens with one attached hydrogen (secondary N) is 1. The predicted octanol–water partition coefficient (Wildman–Crippen LogP) is 3.69. The van der Waals surface area contributed by atoms with Crippen molar-refractivity contribution in [3.63, 3.8) is 0 Å². The second-order valence-corrected chi connectivity index (χ2v) is 8.86. The van der Waals surface area contributed by atoms with Gasteiger partial charge < -0.3 is 15.3 Å². The van der Waals surface area contributed by atoms with Crippen LogP contribution in [0.25, 0.3) is 0 Å². The summed E-state index contributed by atoms with van der Waals surface area (Å²) in [5.41, 5.74) is 0.191. The highest BCUT2D eigenvalue weighted by molar-refractivity contribution is 5.90. The summed E-state index contributed by atoms with van der Waals surface area (Å²) in [5, 5.41) is 11.9. The fourth-order valence-electron chi connectivity index (χ4n) is 3.45. The van der Waals surface area contributed by atoms with Crippen molar-refractivity contribution in [3.05, 3.63) is 11.6 Å². The third-order valence-electron chi connectivity index (χ3n) is 5.62. The van der Waals surface area contributed by atoms with Gasteiger partial charge in [-0.05, 0) is 45.6 Å². The SMILES string of the molecule is CCC.CCC(C)N1CCCCC1C(=O)NC(C(=O)N(C)C/C=C(\C)C(=O)O)C(C)C. The molecule has 1 rings (SSSR count). The van der Waals surface area contributed by atoms with Crippen LogP contribution in [-0.2, 0) is 14.4 Å². The zero-order chi connectivity index (χ0) is 24.1. The van der Waals surface area contributed by atoms with Crippen molar-refractivity contribution in [1.29, 1.82) is 0 Å². The smallest absolute Gasteiger partial charge is 0.331 e. The van der Waals surface area contributed by atoms with E-state index in [0.717, 1.165) is 32.2 Å². The highest BCUT2D eigenvalue weighted by Crippen LogP contribution is 2.21. The number of hydrogen-bond acceptors (Lipinski definition) is 4. The van der Waals surface area contributed by atoms with Crippen LogP contribution in [0, 0.1) is 5.92 Å². The molecule has 0 aliphatic carbocycles. The number of aliphatic carboxylic acids is 1. The summed E-state index contributed by atoms with van der Waals surface area (Å²) in [4.78, 5) is 40.5. The zero-order valence-electron chi connectivity index (χ0n) is 20.9. The lowest BCUT2D eigenvalue weighted by atomic mass is 9.96. The average molecular weight is 440 g/mol. The van der Waals surface area contributed by atoms with Gasteiger partial charge in [-0.3, -0.25) is 14.5 Å². The molecule has 3 unspecified atom stereocenters. The van der Waals surface area contributed by atoms with Gasteiger partial charge in [-0.25, -0.2) is 4.79 Å². The van der Waals surface area contributed by atoms with E-state index in [4.69, 9.17) is 5.11 Å². The topological polar surface area (TPSA) is 90.0 Å². The molecule has 1 fully saturated rings. The number of amides is 2. The van der Waals surface area contributed by atoms with Gasteiger partial charge in [-0.1, -0.05) is 53.5 Å². The number of likely N-dealkylation sites (N-methyl/N-ethyl adjacent to an activating group) is 1. The van der Waals surface area contributed by atoms with Crippen LogP contribution in [0.3, 0.4) is 0 Å². The average Bonchev–Trinajstić information content (AvgIpc) is 2.74. The van der Waals surface area contributed by atoms with Gasteiger partial charge in [-0.2, -0.15) is 0 Å². The van der Waals surface area contributed by atoms with Gasteiger partial charge in [0.25, 0.3) is 0 Å². The number of rotatable bonds is 9. The first-order chi connectivity index (χ1) is 14.5. The van der Waals surface area contributed by atoms with Crippen LogP contribution in [0.1, 0.15) is 80.6 Å². The summed E-state index contributed by atoms with van der Waals surface area (Å²) in [6.07, 6.45) is 6.66. The van der Waals surface area contributed by atoms with Crippen LogP contribution in [0.2, 0.25) is 0 Å². The number of nitrogens with zero attached hydrogens (tertiary/aromatic N) is 2. The Morgan fingerprint density at radius 2 is 1.74 bits per heavy atom. The van der Waals surface area contributed by atoms with E-state index in [1.165, 1.54) is 24.3 Å². The number of carboxylic acids is 1. The van der Waals surface area contributed by atoms with Gasteiger partial charge in [-0.15, -0.1) is 0 Å². The van der Waals surface area contributed by atoms with E-state index in [2.05, 4.69) is 37.9 Å². The Morgan fingerprint density at radius 3 is 2.23 bits per heavy atom. The molecule has 2 N–H and O–H groups in total. The van der Waals surface area contributed by atoms with E-state index < -0.39 is 12.0 Å². The molecular weight excluding hydrogens is 394 g/mol. The number of carboxylic acid groups (broad SMARTS) is 1. The minimum atomic E-state index is -1.00. The quantitative estimate of drug-likeness (QED) is 0.535. The van der Waals surface area contributed by atoms with E-state index in [9.17, 15) is 14.4 Å². The molecule has 1 aliphatic heterocycles. The normalized spacial score (nSPS) is 19.1. The lowest BCUT2D eigenvalue weighted by Crippen LogP contribution is -2.58. The Hall–Kier alpha value is -1.89. The van der Waals surface area contributed by atoms with E-state index in [-0.39, 0.29) is 35.9 Å². The first kappa shape index (κ1) is 29.1. The largest absolute Gasteiger partial charge is 0.478 e. The van der Waals surface area contributed by atoms with Crippen molar-refractivity contribution in [1.82, 2.24) is 15.1 Å². The van der Waals surface area contributed by atoms with Crippen molar-refractivity contribution in [3.8, 4) is 0 Å². The third-order valence-corrected chi connectivity index (χ3v) is 5.62. The summed E-state index contributed by atoms with van der Waals surface area (Å²) in [5.74, 6) is -1.36. The highest BCUT2D eigenvalue weighted by atomic mass is 16.4. The first-order valence-electron chi connectivity index (χ1n) is 11.7. The zero-order valence-corrected chi connectivity index (χ0v) is 20.9. The van der Waals surface area contributed by atoms with Crippen LogP contribution >= 0.6 is 0 Å². The highest BCUT2D eigenvalue weighted by Gasteiger charge is 2.34. The Morgan fingerprint density at radius 1 is 1.16 bits per heavy atom. The summed E-state index contributed by atoms with van der Waals surface area (Å²) in [6, 6.07) is -0.495. The number of piperidine rings is 1. The molecule has 1 saturated heterocycles. The lowest BCUT2D eigenvalue weighted by Gasteiger charge is -2.39. The van der Waals surface area contributed by atoms with Crippen molar-refractivity contribution in [2.24, 2.45) is 5.92 Å². The molecule has 0 aromatic carbocycles. The van der Waals surface area contributed by atoms with Crippen LogP contribution in [0.4, 0.5) is 0 Å². The fraction of sp³-hybridized carbons (Fsp3) is 0.792. The summed E-state index contributed by atoms with van der Waals surface area (Å²) in [6.45, 7) is 14.9. The minimum Gasteiger partial charge on any atom is -0.478 e. The molecule has 0 radical (unpaired) electrons. The van der Waals surface area contributed by atoms with Crippen LogP contribution in [0.5, 0.6) is 0 Å². The monoisotopic (exact) mass is 439 g/mol.